The molecule has 1 atom stereocenters. The smallest absolute Gasteiger partial charge is 0.191 e. The molecule has 0 aliphatic carbocycles. The minimum atomic E-state index is -2.92. The highest BCUT2D eigenvalue weighted by molar-refractivity contribution is 7.90. The number of hydrogen-bond acceptors (Lipinski definition) is 5. The van der Waals surface area contributed by atoms with Crippen molar-refractivity contribution in [1.29, 1.82) is 0 Å². The zero-order valence-electron chi connectivity index (χ0n) is 16.1. The maximum Gasteiger partial charge on any atom is 0.191 e. The standard InChI is InChI=1S/C18H32N4O2S2/c1-15(8-12-26(3,23)24)21-18(19-2)20-13-16-6-9-22(10-7-16)14-17-5-4-11-25-17/h4-5,11,15-16H,6-10,12-14H2,1-3H3,(H2,19,20,21). The van der Waals surface area contributed by atoms with E-state index in [0.29, 0.717) is 12.3 Å². The first kappa shape index (κ1) is 21.2. The number of sulfone groups is 1. The van der Waals surface area contributed by atoms with E-state index >= 15 is 0 Å². The van der Waals surface area contributed by atoms with Crippen LogP contribution < -0.4 is 10.6 Å². The highest BCUT2D eigenvalue weighted by atomic mass is 32.2. The molecule has 6 nitrogen and oxygen atoms in total. The molecule has 1 fully saturated rings. The Balaban J connectivity index is 1.66. The zero-order chi connectivity index (χ0) is 19.0. The molecule has 1 aromatic rings. The maximum absolute atomic E-state index is 11.3. The SMILES string of the molecule is CN=C(NCC1CCN(Cc2cccs2)CC1)NC(C)CCS(C)(=O)=O. The summed E-state index contributed by atoms with van der Waals surface area (Å²) in [4.78, 5) is 8.23. The normalized spacial score (nSPS) is 18.7. The summed E-state index contributed by atoms with van der Waals surface area (Å²) in [6, 6.07) is 4.40. The lowest BCUT2D eigenvalue weighted by molar-refractivity contribution is 0.179. The van der Waals surface area contributed by atoms with Gasteiger partial charge in [-0.05, 0) is 56.6 Å². The van der Waals surface area contributed by atoms with Crippen LogP contribution in [0, 0.1) is 5.92 Å². The zero-order valence-corrected chi connectivity index (χ0v) is 17.7. The van der Waals surface area contributed by atoms with Crippen molar-refractivity contribution in [2.24, 2.45) is 10.9 Å². The summed E-state index contributed by atoms with van der Waals surface area (Å²) >= 11 is 1.83. The van der Waals surface area contributed by atoms with E-state index in [2.05, 4.69) is 38.0 Å². The summed E-state index contributed by atoms with van der Waals surface area (Å²) in [7, 11) is -1.17. The molecule has 0 bridgehead atoms. The number of nitrogens with one attached hydrogen (secondary N) is 2. The number of guanidine groups is 1. The van der Waals surface area contributed by atoms with Gasteiger partial charge in [0.1, 0.15) is 9.84 Å². The fourth-order valence-electron chi connectivity index (χ4n) is 3.10. The van der Waals surface area contributed by atoms with Crippen molar-refractivity contribution in [2.75, 3.05) is 38.7 Å². The monoisotopic (exact) mass is 400 g/mol. The van der Waals surface area contributed by atoms with Crippen LogP contribution in [0.1, 0.15) is 31.1 Å². The molecule has 1 aromatic heterocycles. The Morgan fingerprint density at radius 1 is 1.42 bits per heavy atom. The Morgan fingerprint density at radius 3 is 2.73 bits per heavy atom. The second-order valence-electron chi connectivity index (χ2n) is 7.22. The van der Waals surface area contributed by atoms with Crippen LogP contribution in [-0.2, 0) is 16.4 Å². The molecule has 1 aliphatic heterocycles. The van der Waals surface area contributed by atoms with Crippen molar-refractivity contribution in [3.63, 3.8) is 0 Å². The molecule has 0 aromatic carbocycles. The highest BCUT2D eigenvalue weighted by Gasteiger charge is 2.20. The Kier molecular flexibility index (Phi) is 8.37. The number of hydrogen-bond donors (Lipinski definition) is 2. The molecule has 0 spiro atoms. The predicted octanol–water partition coefficient (Wildman–Crippen LogP) is 1.95. The Hall–Kier alpha value is -1.12. The first-order valence-electron chi connectivity index (χ1n) is 9.25. The molecule has 0 amide bonds. The average Bonchev–Trinajstić information content (AvgIpc) is 3.10. The Labute approximate surface area is 162 Å². The topological polar surface area (TPSA) is 73.8 Å². The first-order valence-corrected chi connectivity index (χ1v) is 12.2. The highest BCUT2D eigenvalue weighted by Crippen LogP contribution is 2.20. The minimum absolute atomic E-state index is 0.0727. The molecule has 2 N–H and O–H groups in total. The van der Waals surface area contributed by atoms with Crippen molar-refractivity contribution in [3.05, 3.63) is 22.4 Å². The molecule has 8 heteroatoms. The van der Waals surface area contributed by atoms with Crippen LogP contribution in [0.2, 0.25) is 0 Å². The molecule has 0 saturated carbocycles. The van der Waals surface area contributed by atoms with Crippen LogP contribution in [0.4, 0.5) is 0 Å². The van der Waals surface area contributed by atoms with Gasteiger partial charge in [-0.15, -0.1) is 11.3 Å². The lowest BCUT2D eigenvalue weighted by atomic mass is 9.97. The van der Waals surface area contributed by atoms with E-state index in [1.54, 1.807) is 7.05 Å². The third kappa shape index (κ3) is 8.05. The van der Waals surface area contributed by atoms with Crippen LogP contribution in [0.3, 0.4) is 0 Å². The van der Waals surface area contributed by atoms with E-state index in [4.69, 9.17) is 0 Å². The lowest BCUT2D eigenvalue weighted by Crippen LogP contribution is -2.45. The summed E-state index contributed by atoms with van der Waals surface area (Å²) in [6.45, 7) is 6.24. The predicted molar refractivity (Wildman–Crippen MR) is 111 cm³/mol. The molecule has 26 heavy (non-hydrogen) atoms. The van der Waals surface area contributed by atoms with Crippen molar-refractivity contribution < 1.29 is 8.42 Å². The number of nitrogens with zero attached hydrogens (tertiary/aromatic N) is 2. The van der Waals surface area contributed by atoms with E-state index in [1.165, 1.54) is 24.0 Å². The average molecular weight is 401 g/mol. The van der Waals surface area contributed by atoms with Gasteiger partial charge in [0.2, 0.25) is 0 Å². The van der Waals surface area contributed by atoms with Gasteiger partial charge in [-0.1, -0.05) is 6.07 Å². The van der Waals surface area contributed by atoms with Crippen LogP contribution in [-0.4, -0.2) is 64.0 Å². The van der Waals surface area contributed by atoms with E-state index in [1.807, 2.05) is 18.3 Å². The summed E-state index contributed by atoms with van der Waals surface area (Å²) < 4.78 is 22.5. The fraction of sp³-hybridized carbons (Fsp3) is 0.722. The third-order valence-corrected chi connectivity index (χ3v) is 6.59. The van der Waals surface area contributed by atoms with Crippen molar-refractivity contribution >= 4 is 27.1 Å². The molecule has 1 saturated heterocycles. The molecular formula is C18H32N4O2S2. The van der Waals surface area contributed by atoms with Gasteiger partial charge in [0.05, 0.1) is 5.75 Å². The molecule has 2 heterocycles. The molecule has 0 radical (unpaired) electrons. The molecule has 148 valence electrons. The van der Waals surface area contributed by atoms with Gasteiger partial charge in [-0.25, -0.2) is 8.42 Å². The second-order valence-corrected chi connectivity index (χ2v) is 10.5. The quantitative estimate of drug-likeness (QED) is 0.515. The van der Waals surface area contributed by atoms with E-state index < -0.39 is 9.84 Å². The van der Waals surface area contributed by atoms with Gasteiger partial charge in [0, 0.05) is 37.3 Å². The van der Waals surface area contributed by atoms with Gasteiger partial charge in [-0.2, -0.15) is 0 Å². The van der Waals surface area contributed by atoms with Crippen LogP contribution in [0.15, 0.2) is 22.5 Å². The van der Waals surface area contributed by atoms with Gasteiger partial charge < -0.3 is 10.6 Å². The molecule has 1 aliphatic rings. The van der Waals surface area contributed by atoms with Crippen molar-refractivity contribution in [3.8, 4) is 0 Å². The maximum atomic E-state index is 11.3. The molecule has 1 unspecified atom stereocenters. The summed E-state index contributed by atoms with van der Waals surface area (Å²) in [5, 5.41) is 8.82. The van der Waals surface area contributed by atoms with Crippen molar-refractivity contribution in [1.82, 2.24) is 15.5 Å². The molecular weight excluding hydrogens is 368 g/mol. The summed E-state index contributed by atoms with van der Waals surface area (Å²) in [6.07, 6.45) is 4.25. The third-order valence-electron chi connectivity index (χ3n) is 4.75. The number of piperidine rings is 1. The first-order chi connectivity index (χ1) is 12.4. The summed E-state index contributed by atoms with van der Waals surface area (Å²) in [5.74, 6) is 1.60. The van der Waals surface area contributed by atoms with Crippen LogP contribution in [0.25, 0.3) is 0 Å². The number of aliphatic imine (C=N–C) groups is 1. The molecule has 2 rings (SSSR count). The van der Waals surface area contributed by atoms with Gasteiger partial charge >= 0.3 is 0 Å². The van der Waals surface area contributed by atoms with E-state index in [0.717, 1.165) is 32.1 Å². The summed E-state index contributed by atoms with van der Waals surface area (Å²) in [5.41, 5.74) is 0. The second kappa shape index (κ2) is 10.3. The number of likely N-dealkylation sites (tertiary alicyclic amines) is 1. The van der Waals surface area contributed by atoms with Gasteiger partial charge in [-0.3, -0.25) is 9.89 Å². The lowest BCUT2D eigenvalue weighted by Gasteiger charge is -2.32. The fourth-order valence-corrected chi connectivity index (χ4v) is 4.63. The Morgan fingerprint density at radius 2 is 2.15 bits per heavy atom. The van der Waals surface area contributed by atoms with Crippen LogP contribution >= 0.6 is 11.3 Å². The van der Waals surface area contributed by atoms with E-state index in [9.17, 15) is 8.42 Å². The van der Waals surface area contributed by atoms with E-state index in [-0.39, 0.29) is 11.8 Å². The van der Waals surface area contributed by atoms with Gasteiger partial charge in [0.15, 0.2) is 5.96 Å². The van der Waals surface area contributed by atoms with Crippen LogP contribution in [0.5, 0.6) is 0 Å². The Bertz CT molecular complexity index is 651. The number of rotatable bonds is 8. The number of thiophene rings is 1. The minimum Gasteiger partial charge on any atom is -0.356 e. The largest absolute Gasteiger partial charge is 0.356 e. The van der Waals surface area contributed by atoms with Gasteiger partial charge in [0.25, 0.3) is 0 Å². The van der Waals surface area contributed by atoms with Crippen molar-refractivity contribution in [2.45, 2.75) is 38.8 Å².